The molecule has 0 unspecified atom stereocenters. The Kier molecular flexibility index (Phi) is 5.83. The summed E-state index contributed by atoms with van der Waals surface area (Å²) in [6.07, 6.45) is 2.32. The smallest absolute Gasteiger partial charge is 0.238 e. The van der Waals surface area contributed by atoms with Gasteiger partial charge in [-0.15, -0.1) is 0 Å². The summed E-state index contributed by atoms with van der Waals surface area (Å²) in [7, 11) is -3.73. The summed E-state index contributed by atoms with van der Waals surface area (Å²) in [6.45, 7) is 4.47. The minimum Gasteiger partial charge on any atom is -0.319 e. The molecule has 0 aliphatic carbocycles. The van der Waals surface area contributed by atoms with E-state index in [2.05, 4.69) is 16.5 Å². The summed E-state index contributed by atoms with van der Waals surface area (Å²) in [5, 5.41) is 6.02. The molecule has 23 heavy (non-hydrogen) atoms. The first-order valence-corrected chi connectivity index (χ1v) is 10.0. The predicted molar refractivity (Wildman–Crippen MR) is 92.0 cm³/mol. The van der Waals surface area contributed by atoms with E-state index in [4.69, 9.17) is 5.14 Å². The van der Waals surface area contributed by atoms with Crippen molar-refractivity contribution < 1.29 is 13.2 Å². The molecule has 0 bridgehead atoms. The molecule has 126 valence electrons. The van der Waals surface area contributed by atoms with E-state index in [0.29, 0.717) is 11.9 Å². The number of nitrogens with zero attached hydrogens (tertiary/aromatic N) is 2. The maximum Gasteiger partial charge on any atom is 0.238 e. The summed E-state index contributed by atoms with van der Waals surface area (Å²) in [4.78, 5) is 15.6. The van der Waals surface area contributed by atoms with Crippen LogP contribution < -0.4 is 5.14 Å². The van der Waals surface area contributed by atoms with Gasteiger partial charge in [0.25, 0.3) is 0 Å². The second-order valence-electron chi connectivity index (χ2n) is 5.40. The fourth-order valence-corrected chi connectivity index (χ4v) is 3.81. The van der Waals surface area contributed by atoms with Crippen molar-refractivity contribution in [1.82, 2.24) is 9.55 Å². The third kappa shape index (κ3) is 4.55. The van der Waals surface area contributed by atoms with E-state index < -0.39 is 10.0 Å². The number of nitrogens with two attached hydrogens (primary N) is 1. The number of thioether (sulfide) groups is 1. The average Bonchev–Trinajstić information content (AvgIpc) is 2.80. The third-order valence-corrected chi connectivity index (χ3v) is 5.34. The van der Waals surface area contributed by atoms with Crippen LogP contribution in [0.1, 0.15) is 33.1 Å². The van der Waals surface area contributed by atoms with E-state index in [1.165, 1.54) is 12.1 Å². The SMILES string of the molecule is CCCn1c(SCCCC(C)=O)nc2cc(S(N)(=O)=O)ccc21. The molecule has 8 heteroatoms. The van der Waals surface area contributed by atoms with E-state index >= 15 is 0 Å². The Hall–Kier alpha value is -1.38. The first kappa shape index (κ1) is 18.0. The number of rotatable bonds is 8. The monoisotopic (exact) mass is 355 g/mol. The van der Waals surface area contributed by atoms with Gasteiger partial charge < -0.3 is 9.36 Å². The molecular weight excluding hydrogens is 334 g/mol. The average molecular weight is 355 g/mol. The number of ketones is 1. The van der Waals surface area contributed by atoms with Gasteiger partial charge in [-0.05, 0) is 38.0 Å². The second kappa shape index (κ2) is 7.46. The lowest BCUT2D eigenvalue weighted by molar-refractivity contribution is -0.117. The first-order valence-electron chi connectivity index (χ1n) is 7.48. The van der Waals surface area contributed by atoms with Crippen LogP contribution in [-0.2, 0) is 21.4 Å². The molecule has 0 aliphatic rings. The van der Waals surface area contributed by atoms with Gasteiger partial charge in [0, 0.05) is 18.7 Å². The molecule has 6 nitrogen and oxygen atoms in total. The topological polar surface area (TPSA) is 95.0 Å². The number of primary sulfonamides is 1. The normalized spacial score (nSPS) is 12.0. The number of benzene rings is 1. The Labute approximate surface area is 140 Å². The molecule has 0 amide bonds. The zero-order chi connectivity index (χ0) is 17.0. The molecule has 0 radical (unpaired) electrons. The van der Waals surface area contributed by atoms with E-state index in [-0.39, 0.29) is 10.7 Å². The largest absolute Gasteiger partial charge is 0.319 e. The van der Waals surface area contributed by atoms with Crippen molar-refractivity contribution in [2.45, 2.75) is 49.7 Å². The van der Waals surface area contributed by atoms with Crippen LogP contribution in [0.2, 0.25) is 0 Å². The molecule has 2 N–H and O–H groups in total. The minimum absolute atomic E-state index is 0.0688. The number of carbonyl (C=O) groups excluding carboxylic acids is 1. The zero-order valence-corrected chi connectivity index (χ0v) is 14.9. The number of aromatic nitrogens is 2. The van der Waals surface area contributed by atoms with Crippen molar-refractivity contribution in [3.05, 3.63) is 18.2 Å². The Morgan fingerprint density at radius 3 is 2.74 bits per heavy atom. The van der Waals surface area contributed by atoms with Crippen molar-refractivity contribution in [2.24, 2.45) is 5.14 Å². The number of sulfonamides is 1. The van der Waals surface area contributed by atoms with Crippen molar-refractivity contribution in [3.8, 4) is 0 Å². The van der Waals surface area contributed by atoms with Crippen LogP contribution in [0.15, 0.2) is 28.3 Å². The third-order valence-electron chi connectivity index (χ3n) is 3.36. The molecule has 1 aromatic heterocycles. The molecule has 1 aromatic carbocycles. The summed E-state index contributed by atoms with van der Waals surface area (Å²) < 4.78 is 25.0. The molecular formula is C15H21N3O3S2. The summed E-state index contributed by atoms with van der Waals surface area (Å²) in [5.41, 5.74) is 1.52. The van der Waals surface area contributed by atoms with E-state index in [1.807, 2.05) is 0 Å². The minimum atomic E-state index is -3.73. The van der Waals surface area contributed by atoms with Gasteiger partial charge in [-0.1, -0.05) is 18.7 Å². The summed E-state index contributed by atoms with van der Waals surface area (Å²) in [6, 6.07) is 4.77. The van der Waals surface area contributed by atoms with Gasteiger partial charge in [0.1, 0.15) is 5.78 Å². The highest BCUT2D eigenvalue weighted by molar-refractivity contribution is 7.99. The zero-order valence-electron chi connectivity index (χ0n) is 13.3. The van der Waals surface area contributed by atoms with Gasteiger partial charge in [-0.25, -0.2) is 18.5 Å². The van der Waals surface area contributed by atoms with Crippen LogP contribution in [0.25, 0.3) is 11.0 Å². The lowest BCUT2D eigenvalue weighted by atomic mass is 10.3. The van der Waals surface area contributed by atoms with E-state index in [9.17, 15) is 13.2 Å². The molecule has 0 aliphatic heterocycles. The van der Waals surface area contributed by atoms with Crippen LogP contribution in [0.3, 0.4) is 0 Å². The first-order chi connectivity index (χ1) is 10.8. The maximum absolute atomic E-state index is 11.5. The Morgan fingerprint density at radius 1 is 1.39 bits per heavy atom. The lowest BCUT2D eigenvalue weighted by Crippen LogP contribution is -2.11. The van der Waals surface area contributed by atoms with Crippen LogP contribution >= 0.6 is 11.8 Å². The summed E-state index contributed by atoms with van der Waals surface area (Å²) in [5.74, 6) is 0.986. The molecule has 2 aromatic rings. The highest BCUT2D eigenvalue weighted by Crippen LogP contribution is 2.27. The summed E-state index contributed by atoms with van der Waals surface area (Å²) >= 11 is 1.59. The molecule has 1 heterocycles. The molecule has 0 spiro atoms. The maximum atomic E-state index is 11.5. The van der Waals surface area contributed by atoms with Gasteiger partial charge >= 0.3 is 0 Å². The molecule has 0 saturated heterocycles. The molecule has 0 fully saturated rings. The predicted octanol–water partition coefficient (Wildman–Crippen LogP) is 2.56. The lowest BCUT2D eigenvalue weighted by Gasteiger charge is -2.07. The number of Topliss-reactive ketones (excluding diaryl/α,β-unsaturated/α-hetero) is 1. The van der Waals surface area contributed by atoms with Gasteiger partial charge in [0.2, 0.25) is 10.0 Å². The van der Waals surface area contributed by atoms with Gasteiger partial charge in [0.15, 0.2) is 5.16 Å². The standard InChI is InChI=1S/C15H21N3O3S2/c1-3-8-18-14-7-6-12(23(16,20)21)10-13(14)17-15(18)22-9-4-5-11(2)19/h6-7,10H,3-5,8-9H2,1-2H3,(H2,16,20,21). The van der Waals surface area contributed by atoms with Gasteiger partial charge in [-0.2, -0.15) is 0 Å². The Bertz CT molecular complexity index is 813. The molecule has 0 saturated carbocycles. The number of hydrogen-bond acceptors (Lipinski definition) is 5. The van der Waals surface area contributed by atoms with Crippen LogP contribution in [0.5, 0.6) is 0 Å². The Morgan fingerprint density at radius 2 is 2.13 bits per heavy atom. The van der Waals surface area contributed by atoms with Gasteiger partial charge in [0.05, 0.1) is 15.9 Å². The fraction of sp³-hybridized carbons (Fsp3) is 0.467. The van der Waals surface area contributed by atoms with Crippen molar-refractivity contribution in [3.63, 3.8) is 0 Å². The number of aryl methyl sites for hydroxylation is 1. The fourth-order valence-electron chi connectivity index (χ4n) is 2.30. The highest BCUT2D eigenvalue weighted by Gasteiger charge is 2.14. The highest BCUT2D eigenvalue weighted by atomic mass is 32.2. The van der Waals surface area contributed by atoms with Crippen LogP contribution in [0, 0.1) is 0 Å². The second-order valence-corrected chi connectivity index (χ2v) is 8.02. The van der Waals surface area contributed by atoms with Crippen LogP contribution in [-0.4, -0.2) is 29.5 Å². The van der Waals surface area contributed by atoms with Crippen molar-refractivity contribution in [1.29, 1.82) is 0 Å². The Balaban J connectivity index is 2.31. The number of carbonyl (C=O) groups is 1. The van der Waals surface area contributed by atoms with E-state index in [1.54, 1.807) is 24.8 Å². The number of imidazole rings is 1. The molecule has 0 atom stereocenters. The van der Waals surface area contributed by atoms with Crippen LogP contribution in [0.4, 0.5) is 0 Å². The quantitative estimate of drug-likeness (QED) is 0.580. The van der Waals surface area contributed by atoms with Crippen molar-refractivity contribution >= 4 is 38.6 Å². The van der Waals surface area contributed by atoms with E-state index in [0.717, 1.165) is 35.8 Å². The van der Waals surface area contributed by atoms with Crippen molar-refractivity contribution in [2.75, 3.05) is 5.75 Å². The number of hydrogen-bond donors (Lipinski definition) is 1. The number of fused-ring (bicyclic) bond motifs is 1. The van der Waals surface area contributed by atoms with Gasteiger partial charge in [-0.3, -0.25) is 0 Å². The molecule has 2 rings (SSSR count).